The van der Waals surface area contributed by atoms with E-state index in [9.17, 15) is 0 Å². The van der Waals surface area contributed by atoms with Gasteiger partial charge in [-0.1, -0.05) is 49.4 Å². The summed E-state index contributed by atoms with van der Waals surface area (Å²) in [6.07, 6.45) is 1.11. The van der Waals surface area contributed by atoms with Gasteiger partial charge in [-0.05, 0) is 43.7 Å². The van der Waals surface area contributed by atoms with E-state index in [-0.39, 0.29) is 0 Å². The molecule has 0 radical (unpaired) electrons. The second-order valence-corrected chi connectivity index (χ2v) is 5.34. The fraction of sp³-hybridized carbons (Fsp3) is 0.368. The Kier molecular flexibility index (Phi) is 5.82. The number of rotatable bonds is 7. The van der Waals surface area contributed by atoms with Crippen LogP contribution < -0.4 is 10.2 Å². The molecular weight excluding hydrogens is 256 g/mol. The third-order valence-corrected chi connectivity index (χ3v) is 4.02. The van der Waals surface area contributed by atoms with E-state index in [0.717, 1.165) is 19.5 Å². The predicted molar refractivity (Wildman–Crippen MR) is 91.7 cm³/mol. The molecule has 0 saturated carbocycles. The van der Waals surface area contributed by atoms with Gasteiger partial charge in [-0.2, -0.15) is 0 Å². The van der Waals surface area contributed by atoms with Crippen LogP contribution in [0.4, 0.5) is 5.69 Å². The minimum Gasteiger partial charge on any atom is -0.367 e. The molecule has 21 heavy (non-hydrogen) atoms. The third kappa shape index (κ3) is 4.08. The topological polar surface area (TPSA) is 15.3 Å². The Morgan fingerprint density at radius 1 is 0.952 bits per heavy atom. The molecule has 1 unspecified atom stereocenters. The van der Waals surface area contributed by atoms with E-state index in [1.165, 1.54) is 16.8 Å². The fourth-order valence-electron chi connectivity index (χ4n) is 2.71. The highest BCUT2D eigenvalue weighted by Crippen LogP contribution is 2.22. The average Bonchev–Trinajstić information content (AvgIpc) is 2.55. The van der Waals surface area contributed by atoms with Crippen molar-refractivity contribution in [1.29, 1.82) is 0 Å². The summed E-state index contributed by atoms with van der Waals surface area (Å²) < 4.78 is 0. The Bertz CT molecular complexity index is 515. The Labute approximate surface area is 128 Å². The lowest BCUT2D eigenvalue weighted by atomic mass is 10.0. The van der Waals surface area contributed by atoms with Crippen LogP contribution in [0.2, 0.25) is 0 Å². The van der Waals surface area contributed by atoms with Crippen molar-refractivity contribution in [1.82, 2.24) is 5.32 Å². The van der Waals surface area contributed by atoms with Gasteiger partial charge >= 0.3 is 0 Å². The first-order chi connectivity index (χ1) is 10.3. The summed E-state index contributed by atoms with van der Waals surface area (Å²) in [7, 11) is 2.02. The molecule has 1 atom stereocenters. The van der Waals surface area contributed by atoms with Gasteiger partial charge in [0.25, 0.3) is 0 Å². The van der Waals surface area contributed by atoms with Gasteiger partial charge in [0.1, 0.15) is 0 Å². The monoisotopic (exact) mass is 282 g/mol. The maximum Gasteiger partial charge on any atom is 0.0429 e. The van der Waals surface area contributed by atoms with Gasteiger partial charge in [0.2, 0.25) is 0 Å². The van der Waals surface area contributed by atoms with Gasteiger partial charge in [-0.25, -0.2) is 0 Å². The largest absolute Gasteiger partial charge is 0.367 e. The highest BCUT2D eigenvalue weighted by Gasteiger charge is 2.08. The molecule has 0 bridgehead atoms. The van der Waals surface area contributed by atoms with E-state index in [0.29, 0.717) is 6.04 Å². The minimum atomic E-state index is 0.447. The van der Waals surface area contributed by atoms with Crippen LogP contribution in [0, 0.1) is 0 Å². The lowest BCUT2D eigenvalue weighted by Crippen LogP contribution is -2.22. The summed E-state index contributed by atoms with van der Waals surface area (Å²) in [6.45, 7) is 6.39. The summed E-state index contributed by atoms with van der Waals surface area (Å²) in [5.41, 5.74) is 4.00. The summed E-state index contributed by atoms with van der Waals surface area (Å²) in [5.74, 6) is 0. The Morgan fingerprint density at radius 2 is 1.62 bits per heavy atom. The van der Waals surface area contributed by atoms with Gasteiger partial charge in [0, 0.05) is 24.8 Å². The van der Waals surface area contributed by atoms with Crippen LogP contribution in [-0.4, -0.2) is 13.6 Å². The van der Waals surface area contributed by atoms with Crippen LogP contribution in [0.15, 0.2) is 54.6 Å². The van der Waals surface area contributed by atoms with Crippen molar-refractivity contribution in [2.24, 2.45) is 0 Å². The van der Waals surface area contributed by atoms with Crippen LogP contribution in [0.25, 0.3) is 0 Å². The number of hydrogen-bond acceptors (Lipinski definition) is 2. The zero-order valence-electron chi connectivity index (χ0n) is 13.3. The molecule has 0 saturated heterocycles. The molecule has 0 aliphatic carbocycles. The number of hydrogen-bond donors (Lipinski definition) is 1. The second-order valence-electron chi connectivity index (χ2n) is 5.34. The van der Waals surface area contributed by atoms with E-state index in [1.807, 2.05) is 7.05 Å². The maximum atomic E-state index is 3.36. The van der Waals surface area contributed by atoms with E-state index in [4.69, 9.17) is 0 Å². The van der Waals surface area contributed by atoms with Gasteiger partial charge < -0.3 is 10.2 Å². The molecule has 2 aromatic rings. The molecule has 2 heteroatoms. The minimum absolute atomic E-state index is 0.447. The van der Waals surface area contributed by atoms with Crippen molar-refractivity contribution in [2.45, 2.75) is 32.9 Å². The second kappa shape index (κ2) is 7.84. The Hall–Kier alpha value is -1.80. The standard InChI is InChI=1S/C19H26N2/c1-4-19(20-3)17-11-13-18(14-12-17)21(5-2)15-16-9-7-6-8-10-16/h6-14,19-20H,4-5,15H2,1-3H3. The number of nitrogens with zero attached hydrogens (tertiary/aromatic N) is 1. The SMILES string of the molecule is CCC(NC)c1ccc(N(CC)Cc2ccccc2)cc1. The van der Waals surface area contributed by atoms with E-state index >= 15 is 0 Å². The van der Waals surface area contributed by atoms with Crippen molar-refractivity contribution in [3.05, 3.63) is 65.7 Å². The van der Waals surface area contributed by atoms with Crippen molar-refractivity contribution in [3.8, 4) is 0 Å². The van der Waals surface area contributed by atoms with Crippen LogP contribution in [-0.2, 0) is 6.54 Å². The van der Waals surface area contributed by atoms with Gasteiger partial charge in [0.05, 0.1) is 0 Å². The molecule has 2 nitrogen and oxygen atoms in total. The molecule has 0 aliphatic rings. The van der Waals surface area contributed by atoms with Crippen LogP contribution in [0.3, 0.4) is 0 Å². The molecule has 0 aromatic heterocycles. The molecule has 0 aliphatic heterocycles. The lowest BCUT2D eigenvalue weighted by Gasteiger charge is -2.24. The lowest BCUT2D eigenvalue weighted by molar-refractivity contribution is 0.577. The first-order valence-electron chi connectivity index (χ1n) is 7.84. The fourth-order valence-corrected chi connectivity index (χ4v) is 2.71. The summed E-state index contributed by atoms with van der Waals surface area (Å²) in [5, 5.41) is 3.36. The summed E-state index contributed by atoms with van der Waals surface area (Å²) in [4.78, 5) is 2.40. The highest BCUT2D eigenvalue weighted by molar-refractivity contribution is 5.48. The first-order valence-corrected chi connectivity index (χ1v) is 7.84. The number of anilines is 1. The quantitative estimate of drug-likeness (QED) is 0.810. The van der Waals surface area contributed by atoms with E-state index in [2.05, 4.69) is 78.7 Å². The van der Waals surface area contributed by atoms with Crippen LogP contribution in [0.1, 0.15) is 37.4 Å². The normalized spacial score (nSPS) is 12.1. The summed E-state index contributed by atoms with van der Waals surface area (Å²) in [6, 6.07) is 20.1. The molecule has 0 amide bonds. The Morgan fingerprint density at radius 3 is 2.14 bits per heavy atom. The molecule has 0 fully saturated rings. The zero-order chi connectivity index (χ0) is 15.1. The van der Waals surface area contributed by atoms with Crippen molar-refractivity contribution < 1.29 is 0 Å². The van der Waals surface area contributed by atoms with Gasteiger partial charge in [-0.3, -0.25) is 0 Å². The predicted octanol–water partition coefficient (Wildman–Crippen LogP) is 4.38. The smallest absolute Gasteiger partial charge is 0.0429 e. The van der Waals surface area contributed by atoms with Crippen LogP contribution in [0.5, 0.6) is 0 Å². The zero-order valence-corrected chi connectivity index (χ0v) is 13.3. The van der Waals surface area contributed by atoms with Crippen molar-refractivity contribution in [2.75, 3.05) is 18.5 Å². The average molecular weight is 282 g/mol. The Balaban J connectivity index is 2.12. The van der Waals surface area contributed by atoms with Gasteiger partial charge in [0.15, 0.2) is 0 Å². The molecule has 112 valence electrons. The molecule has 1 N–H and O–H groups in total. The summed E-state index contributed by atoms with van der Waals surface area (Å²) >= 11 is 0. The van der Waals surface area contributed by atoms with Crippen molar-refractivity contribution >= 4 is 5.69 Å². The highest BCUT2D eigenvalue weighted by atomic mass is 15.1. The number of nitrogens with one attached hydrogen (secondary N) is 1. The molecule has 0 heterocycles. The maximum absolute atomic E-state index is 3.36. The van der Waals surface area contributed by atoms with E-state index in [1.54, 1.807) is 0 Å². The molecular formula is C19H26N2. The molecule has 2 aromatic carbocycles. The number of benzene rings is 2. The van der Waals surface area contributed by atoms with E-state index < -0.39 is 0 Å². The molecule has 2 rings (SSSR count). The van der Waals surface area contributed by atoms with Crippen LogP contribution >= 0.6 is 0 Å². The molecule has 0 spiro atoms. The van der Waals surface area contributed by atoms with Gasteiger partial charge in [-0.15, -0.1) is 0 Å². The third-order valence-electron chi connectivity index (χ3n) is 4.02. The first kappa shape index (κ1) is 15.6. The van der Waals surface area contributed by atoms with Crippen molar-refractivity contribution in [3.63, 3.8) is 0 Å².